The topological polar surface area (TPSA) is 62.6 Å². The van der Waals surface area contributed by atoms with Crippen LogP contribution in [-0.4, -0.2) is 16.7 Å². The lowest BCUT2D eigenvalue weighted by atomic mass is 9.92. The van der Waals surface area contributed by atoms with Gasteiger partial charge in [0.15, 0.2) is 0 Å². The van der Waals surface area contributed by atoms with Crippen molar-refractivity contribution in [2.24, 2.45) is 0 Å². The van der Waals surface area contributed by atoms with Crippen LogP contribution in [0.25, 0.3) is 0 Å². The highest BCUT2D eigenvalue weighted by atomic mass is 19.1. The summed E-state index contributed by atoms with van der Waals surface area (Å²) in [5.41, 5.74) is 3.11. The van der Waals surface area contributed by atoms with Crippen molar-refractivity contribution in [2.45, 2.75) is 32.4 Å². The van der Waals surface area contributed by atoms with E-state index in [-0.39, 0.29) is 24.3 Å². The molecule has 2 atom stereocenters. The molecule has 2 aromatic carbocycles. The summed E-state index contributed by atoms with van der Waals surface area (Å²) in [5.74, 6) is -0.284. The fourth-order valence-electron chi connectivity index (χ4n) is 3.76. The molecule has 0 bridgehead atoms. The predicted molar refractivity (Wildman–Crippen MR) is 107 cm³/mol. The van der Waals surface area contributed by atoms with Crippen LogP contribution in [0.1, 0.15) is 41.0 Å². The van der Waals surface area contributed by atoms with E-state index in [1.807, 2.05) is 32.0 Å². The molecule has 148 valence electrons. The number of carbonyl (C=O) groups is 2. The molecular formula is C23H21FN2O3. The van der Waals surface area contributed by atoms with Crippen molar-refractivity contribution in [1.29, 1.82) is 0 Å². The molecular weight excluding hydrogens is 371 g/mol. The van der Waals surface area contributed by atoms with E-state index in [1.165, 1.54) is 29.2 Å². The highest BCUT2D eigenvalue weighted by molar-refractivity contribution is 6.00. The third-order valence-corrected chi connectivity index (χ3v) is 5.30. The van der Waals surface area contributed by atoms with Crippen LogP contribution in [0, 0.1) is 19.7 Å². The largest absolute Gasteiger partial charge is 0.467 e. The van der Waals surface area contributed by atoms with Gasteiger partial charge in [0, 0.05) is 5.69 Å². The second-order valence-electron chi connectivity index (χ2n) is 7.25. The summed E-state index contributed by atoms with van der Waals surface area (Å²) in [7, 11) is 0. The van der Waals surface area contributed by atoms with Gasteiger partial charge in [0.2, 0.25) is 5.91 Å². The third kappa shape index (κ3) is 3.53. The number of likely N-dealkylation sites (tertiary alicyclic amines) is 1. The van der Waals surface area contributed by atoms with E-state index in [0.29, 0.717) is 17.0 Å². The Balaban J connectivity index is 1.71. The second-order valence-corrected chi connectivity index (χ2v) is 7.25. The quantitative estimate of drug-likeness (QED) is 0.641. The zero-order valence-electron chi connectivity index (χ0n) is 16.2. The van der Waals surface area contributed by atoms with Crippen LogP contribution in [0.2, 0.25) is 0 Å². The number of benzene rings is 2. The molecule has 1 N–H and O–H groups in total. The molecule has 0 radical (unpaired) electrons. The van der Waals surface area contributed by atoms with Crippen molar-refractivity contribution in [3.05, 3.63) is 89.1 Å². The van der Waals surface area contributed by atoms with Gasteiger partial charge in [0.05, 0.1) is 18.7 Å². The molecule has 1 aliphatic heterocycles. The first-order chi connectivity index (χ1) is 14.0. The Bertz CT molecular complexity index is 1020. The van der Waals surface area contributed by atoms with E-state index in [4.69, 9.17) is 4.42 Å². The molecule has 2 heterocycles. The van der Waals surface area contributed by atoms with Crippen LogP contribution in [0.5, 0.6) is 0 Å². The van der Waals surface area contributed by atoms with E-state index < -0.39 is 11.9 Å². The van der Waals surface area contributed by atoms with Crippen LogP contribution in [0.4, 0.5) is 10.1 Å². The van der Waals surface area contributed by atoms with E-state index >= 15 is 0 Å². The highest BCUT2D eigenvalue weighted by Crippen LogP contribution is 2.42. The van der Waals surface area contributed by atoms with Crippen LogP contribution < -0.4 is 5.32 Å². The lowest BCUT2D eigenvalue weighted by molar-refractivity contribution is -0.155. The smallest absolute Gasteiger partial charge is 0.251 e. The molecule has 6 heteroatoms. The SMILES string of the molecule is Cc1cccc(C)c1NC(=O)C(c1ccc(F)cc1)N1C(=O)CC1c1ccco1. The summed E-state index contributed by atoms with van der Waals surface area (Å²) in [4.78, 5) is 27.4. The Morgan fingerprint density at radius 2 is 1.79 bits per heavy atom. The monoisotopic (exact) mass is 392 g/mol. The van der Waals surface area contributed by atoms with Crippen LogP contribution in [-0.2, 0) is 9.59 Å². The number of hydrogen-bond donors (Lipinski definition) is 1. The van der Waals surface area contributed by atoms with Gasteiger partial charge in [0.25, 0.3) is 5.91 Å². The van der Waals surface area contributed by atoms with E-state index in [1.54, 1.807) is 18.4 Å². The summed E-state index contributed by atoms with van der Waals surface area (Å²) in [6.45, 7) is 3.83. The van der Waals surface area contributed by atoms with Gasteiger partial charge < -0.3 is 14.6 Å². The fraction of sp³-hybridized carbons (Fsp3) is 0.217. The van der Waals surface area contributed by atoms with Gasteiger partial charge in [-0.3, -0.25) is 9.59 Å². The lowest BCUT2D eigenvalue weighted by Crippen LogP contribution is -2.51. The Labute approximate surface area is 168 Å². The van der Waals surface area contributed by atoms with Gasteiger partial charge in [0.1, 0.15) is 17.6 Å². The standard InChI is InChI=1S/C23H21FN2O3/c1-14-5-3-6-15(2)21(14)25-23(28)22(16-8-10-17(24)11-9-16)26-18(13-20(26)27)19-7-4-12-29-19/h3-12,18,22H,13H2,1-2H3,(H,25,28). The van der Waals surface area contributed by atoms with Gasteiger partial charge >= 0.3 is 0 Å². The second kappa shape index (κ2) is 7.54. The van der Waals surface area contributed by atoms with Crippen LogP contribution in [0.3, 0.4) is 0 Å². The van der Waals surface area contributed by atoms with Gasteiger partial charge in [-0.05, 0) is 54.8 Å². The number of aryl methyl sites for hydroxylation is 2. The summed E-state index contributed by atoms with van der Waals surface area (Å²) in [6, 6.07) is 13.7. The number of hydrogen-bond acceptors (Lipinski definition) is 3. The first-order valence-corrected chi connectivity index (χ1v) is 9.43. The van der Waals surface area contributed by atoms with Gasteiger partial charge in [-0.2, -0.15) is 0 Å². The normalized spacial score (nSPS) is 17.0. The lowest BCUT2D eigenvalue weighted by Gasteiger charge is -2.44. The number of halogens is 1. The Morgan fingerprint density at radius 3 is 2.38 bits per heavy atom. The maximum absolute atomic E-state index is 13.5. The summed E-state index contributed by atoms with van der Waals surface area (Å²) in [6.07, 6.45) is 1.81. The number of furan rings is 1. The zero-order chi connectivity index (χ0) is 20.5. The van der Waals surface area contributed by atoms with Crippen molar-refractivity contribution in [1.82, 2.24) is 4.90 Å². The summed E-state index contributed by atoms with van der Waals surface area (Å²) in [5, 5.41) is 2.97. The number of anilines is 1. The van der Waals surface area contributed by atoms with Crippen molar-refractivity contribution >= 4 is 17.5 Å². The fourth-order valence-corrected chi connectivity index (χ4v) is 3.76. The van der Waals surface area contributed by atoms with Gasteiger partial charge in [-0.25, -0.2) is 4.39 Å². The summed E-state index contributed by atoms with van der Waals surface area (Å²) >= 11 is 0. The minimum absolute atomic E-state index is 0.155. The number of para-hydroxylation sites is 1. The molecule has 3 aromatic rings. The van der Waals surface area contributed by atoms with Crippen molar-refractivity contribution < 1.29 is 18.4 Å². The molecule has 1 saturated heterocycles. The molecule has 0 saturated carbocycles. The molecule has 0 aliphatic carbocycles. The molecule has 1 fully saturated rings. The highest BCUT2D eigenvalue weighted by Gasteiger charge is 2.46. The molecule has 5 nitrogen and oxygen atoms in total. The number of β-lactam (4-membered cyclic amide) rings is 1. The van der Waals surface area contributed by atoms with Gasteiger partial charge in [-0.1, -0.05) is 30.3 Å². The Kier molecular flexibility index (Phi) is 4.92. The average molecular weight is 392 g/mol. The molecule has 2 unspecified atom stereocenters. The number of nitrogens with zero attached hydrogens (tertiary/aromatic N) is 1. The van der Waals surface area contributed by atoms with Crippen molar-refractivity contribution in [2.75, 3.05) is 5.32 Å². The molecule has 4 rings (SSSR count). The Morgan fingerprint density at radius 1 is 1.10 bits per heavy atom. The third-order valence-electron chi connectivity index (χ3n) is 5.30. The maximum atomic E-state index is 13.5. The van der Waals surface area contributed by atoms with Crippen LogP contribution >= 0.6 is 0 Å². The number of rotatable bonds is 5. The number of nitrogens with one attached hydrogen (secondary N) is 1. The zero-order valence-corrected chi connectivity index (χ0v) is 16.2. The molecule has 1 aliphatic rings. The van der Waals surface area contributed by atoms with Crippen molar-refractivity contribution in [3.63, 3.8) is 0 Å². The first kappa shape index (κ1) is 18.9. The molecule has 0 spiro atoms. The number of carbonyl (C=O) groups excluding carboxylic acids is 2. The minimum Gasteiger partial charge on any atom is -0.467 e. The minimum atomic E-state index is -0.897. The predicted octanol–water partition coefficient (Wildman–Crippen LogP) is 4.69. The van der Waals surface area contributed by atoms with Crippen LogP contribution in [0.15, 0.2) is 65.3 Å². The number of amides is 2. The maximum Gasteiger partial charge on any atom is 0.251 e. The summed E-state index contributed by atoms with van der Waals surface area (Å²) < 4.78 is 19.0. The average Bonchev–Trinajstić information content (AvgIpc) is 3.22. The van der Waals surface area contributed by atoms with E-state index in [0.717, 1.165) is 11.1 Å². The van der Waals surface area contributed by atoms with E-state index in [9.17, 15) is 14.0 Å². The molecule has 2 amide bonds. The van der Waals surface area contributed by atoms with E-state index in [2.05, 4.69) is 5.32 Å². The molecule has 29 heavy (non-hydrogen) atoms. The Hall–Kier alpha value is -3.41. The molecule has 1 aromatic heterocycles. The van der Waals surface area contributed by atoms with Gasteiger partial charge in [-0.15, -0.1) is 0 Å². The van der Waals surface area contributed by atoms with Crippen molar-refractivity contribution in [3.8, 4) is 0 Å². The first-order valence-electron chi connectivity index (χ1n) is 9.43.